The maximum Gasteiger partial charge on any atom is 0.162 e. The smallest absolute Gasteiger partial charge is 0.162 e. The van der Waals surface area contributed by atoms with Crippen LogP contribution in [-0.4, -0.2) is 19.9 Å². The Morgan fingerprint density at radius 1 is 0.880 bits per heavy atom. The van der Waals surface area contributed by atoms with Gasteiger partial charge in [-0.15, -0.1) is 0 Å². The van der Waals surface area contributed by atoms with Crippen LogP contribution in [-0.2, 0) is 0 Å². The lowest BCUT2D eigenvalue weighted by Crippen LogP contribution is -2.04. The van der Waals surface area contributed by atoms with E-state index in [9.17, 15) is 0 Å². The van der Waals surface area contributed by atoms with Gasteiger partial charge in [-0.3, -0.25) is 9.97 Å². The van der Waals surface area contributed by atoms with Gasteiger partial charge in [-0.25, -0.2) is 9.97 Å². The third-order valence-electron chi connectivity index (χ3n) is 4.37. The molecule has 3 aromatic heterocycles. The first-order valence-electron chi connectivity index (χ1n) is 8.10. The van der Waals surface area contributed by atoms with Gasteiger partial charge in [-0.2, -0.15) is 0 Å². The molecule has 0 amide bonds. The van der Waals surface area contributed by atoms with Crippen LogP contribution in [0.1, 0.15) is 24.0 Å². The monoisotopic (exact) mass is 327 g/mol. The van der Waals surface area contributed by atoms with Gasteiger partial charge in [0.25, 0.3) is 0 Å². The zero-order valence-corrected chi connectivity index (χ0v) is 13.8. The normalized spacial score (nSPS) is 12.2. The van der Waals surface area contributed by atoms with Crippen molar-refractivity contribution >= 4 is 16.7 Å². The molecule has 0 aliphatic carbocycles. The number of hydrogen-bond acceptors (Lipinski definition) is 5. The number of rotatable bonds is 3. The number of aromatic nitrogens is 4. The van der Waals surface area contributed by atoms with Crippen molar-refractivity contribution in [1.82, 2.24) is 19.9 Å². The molecule has 1 unspecified atom stereocenters. The Labute approximate surface area is 145 Å². The number of nitrogens with zero attached hydrogens (tertiary/aromatic N) is 4. The van der Waals surface area contributed by atoms with E-state index < -0.39 is 0 Å². The highest BCUT2D eigenvalue weighted by Gasteiger charge is 2.16. The highest BCUT2D eigenvalue weighted by Crippen LogP contribution is 2.32. The summed E-state index contributed by atoms with van der Waals surface area (Å²) in [6, 6.07) is 14.0. The molecule has 0 saturated heterocycles. The van der Waals surface area contributed by atoms with Crippen molar-refractivity contribution in [3.63, 3.8) is 0 Å². The van der Waals surface area contributed by atoms with Gasteiger partial charge in [0.15, 0.2) is 5.82 Å². The SMILES string of the molecule is CC(c1ccccc1)c1cncc2nc(-c3ccncc3)nc(N)c12. The van der Waals surface area contributed by atoms with Gasteiger partial charge in [0.2, 0.25) is 0 Å². The van der Waals surface area contributed by atoms with E-state index in [0.717, 1.165) is 22.0 Å². The van der Waals surface area contributed by atoms with E-state index in [1.165, 1.54) is 5.56 Å². The topological polar surface area (TPSA) is 77.6 Å². The molecule has 3 heterocycles. The molecule has 0 aliphatic heterocycles. The Bertz CT molecular complexity index is 1020. The van der Waals surface area contributed by atoms with Gasteiger partial charge in [0.05, 0.1) is 11.7 Å². The molecular weight excluding hydrogens is 310 g/mol. The molecular formula is C20H17N5. The summed E-state index contributed by atoms with van der Waals surface area (Å²) in [6.45, 7) is 2.14. The van der Waals surface area contributed by atoms with Gasteiger partial charge >= 0.3 is 0 Å². The van der Waals surface area contributed by atoms with Crippen molar-refractivity contribution in [2.24, 2.45) is 0 Å². The molecule has 4 aromatic rings. The zero-order chi connectivity index (χ0) is 17.2. The van der Waals surface area contributed by atoms with E-state index >= 15 is 0 Å². The minimum Gasteiger partial charge on any atom is -0.383 e. The number of fused-ring (bicyclic) bond motifs is 1. The molecule has 0 aliphatic rings. The Morgan fingerprint density at radius 3 is 2.40 bits per heavy atom. The van der Waals surface area contributed by atoms with Gasteiger partial charge in [0, 0.05) is 35.5 Å². The van der Waals surface area contributed by atoms with E-state index in [0.29, 0.717) is 11.6 Å². The van der Waals surface area contributed by atoms with Gasteiger partial charge in [-0.05, 0) is 23.3 Å². The van der Waals surface area contributed by atoms with Crippen molar-refractivity contribution in [3.8, 4) is 11.4 Å². The summed E-state index contributed by atoms with van der Waals surface area (Å²) in [7, 11) is 0. The summed E-state index contributed by atoms with van der Waals surface area (Å²) in [4.78, 5) is 17.6. The van der Waals surface area contributed by atoms with Crippen molar-refractivity contribution in [1.29, 1.82) is 0 Å². The minimum absolute atomic E-state index is 0.148. The van der Waals surface area contributed by atoms with Crippen LogP contribution in [0.15, 0.2) is 67.3 Å². The van der Waals surface area contributed by atoms with Crippen LogP contribution < -0.4 is 5.73 Å². The van der Waals surface area contributed by atoms with E-state index in [-0.39, 0.29) is 5.92 Å². The fraction of sp³-hybridized carbons (Fsp3) is 0.100. The van der Waals surface area contributed by atoms with Gasteiger partial charge in [-0.1, -0.05) is 37.3 Å². The van der Waals surface area contributed by atoms with E-state index in [1.54, 1.807) is 18.6 Å². The highest BCUT2D eigenvalue weighted by molar-refractivity contribution is 5.92. The van der Waals surface area contributed by atoms with Gasteiger partial charge in [0.1, 0.15) is 5.82 Å². The van der Waals surface area contributed by atoms with Crippen LogP contribution in [0.2, 0.25) is 0 Å². The highest BCUT2D eigenvalue weighted by atomic mass is 15.0. The second kappa shape index (κ2) is 6.28. The lowest BCUT2D eigenvalue weighted by atomic mass is 9.92. The molecule has 25 heavy (non-hydrogen) atoms. The third kappa shape index (κ3) is 2.80. The molecule has 122 valence electrons. The summed E-state index contributed by atoms with van der Waals surface area (Å²) >= 11 is 0. The fourth-order valence-electron chi connectivity index (χ4n) is 3.02. The van der Waals surface area contributed by atoms with Crippen LogP contribution in [0.25, 0.3) is 22.3 Å². The predicted molar refractivity (Wildman–Crippen MR) is 98.9 cm³/mol. The van der Waals surface area contributed by atoms with E-state index in [4.69, 9.17) is 5.73 Å². The maximum atomic E-state index is 6.32. The second-order valence-corrected chi connectivity index (χ2v) is 5.92. The molecule has 0 fully saturated rings. The standard InChI is InChI=1S/C20H17N5/c1-13(14-5-3-2-4-6-14)16-11-23-12-17-18(16)19(21)25-20(24-17)15-7-9-22-10-8-15/h2-13H,1H3,(H2,21,24,25). The maximum absolute atomic E-state index is 6.32. The molecule has 1 aromatic carbocycles. The molecule has 5 heteroatoms. The number of pyridine rings is 2. The van der Waals surface area contributed by atoms with Crippen LogP contribution in [0, 0.1) is 0 Å². The van der Waals surface area contributed by atoms with Crippen molar-refractivity contribution in [2.45, 2.75) is 12.8 Å². The number of nitrogen functional groups attached to an aromatic ring is 1. The average molecular weight is 327 g/mol. The first-order valence-corrected chi connectivity index (χ1v) is 8.10. The Morgan fingerprint density at radius 2 is 1.64 bits per heavy atom. The van der Waals surface area contributed by atoms with Gasteiger partial charge < -0.3 is 5.73 Å². The lowest BCUT2D eigenvalue weighted by molar-refractivity contribution is 0.922. The van der Waals surface area contributed by atoms with E-state index in [2.05, 4.69) is 39.0 Å². The Balaban J connectivity index is 1.88. The quantitative estimate of drug-likeness (QED) is 0.619. The van der Waals surface area contributed by atoms with Crippen molar-refractivity contribution < 1.29 is 0 Å². The molecule has 1 atom stereocenters. The predicted octanol–water partition coefficient (Wildman–Crippen LogP) is 3.82. The second-order valence-electron chi connectivity index (χ2n) is 5.92. The average Bonchev–Trinajstić information content (AvgIpc) is 2.68. The summed E-state index contributed by atoms with van der Waals surface area (Å²) in [5.74, 6) is 1.20. The van der Waals surface area contributed by atoms with Crippen LogP contribution >= 0.6 is 0 Å². The molecule has 0 radical (unpaired) electrons. The number of anilines is 1. The van der Waals surface area contributed by atoms with E-state index in [1.807, 2.05) is 36.5 Å². The summed E-state index contributed by atoms with van der Waals surface area (Å²) in [5, 5.41) is 0.865. The number of hydrogen-bond donors (Lipinski definition) is 1. The first-order chi connectivity index (χ1) is 12.2. The number of nitrogens with two attached hydrogens (primary N) is 1. The summed E-state index contributed by atoms with van der Waals surface area (Å²) < 4.78 is 0. The molecule has 0 spiro atoms. The third-order valence-corrected chi connectivity index (χ3v) is 4.37. The first kappa shape index (κ1) is 15.2. The van der Waals surface area contributed by atoms with Crippen LogP contribution in [0.4, 0.5) is 5.82 Å². The summed E-state index contributed by atoms with van der Waals surface area (Å²) in [6.07, 6.45) is 7.02. The Hall–Kier alpha value is -3.34. The van der Waals surface area contributed by atoms with Crippen molar-refractivity contribution in [2.75, 3.05) is 5.73 Å². The molecule has 5 nitrogen and oxygen atoms in total. The summed E-state index contributed by atoms with van der Waals surface area (Å²) in [5.41, 5.74) is 10.2. The Kier molecular flexibility index (Phi) is 3.82. The van der Waals surface area contributed by atoms with Crippen molar-refractivity contribution in [3.05, 3.63) is 78.4 Å². The number of benzene rings is 1. The molecule has 2 N–H and O–H groups in total. The fourth-order valence-corrected chi connectivity index (χ4v) is 3.02. The van der Waals surface area contributed by atoms with Crippen LogP contribution in [0.5, 0.6) is 0 Å². The van der Waals surface area contributed by atoms with Crippen LogP contribution in [0.3, 0.4) is 0 Å². The minimum atomic E-state index is 0.148. The molecule has 0 saturated carbocycles. The largest absolute Gasteiger partial charge is 0.383 e. The molecule has 0 bridgehead atoms. The molecule has 4 rings (SSSR count). The lowest BCUT2D eigenvalue weighted by Gasteiger charge is -2.16. The zero-order valence-electron chi connectivity index (χ0n) is 13.8.